The normalized spacial score (nSPS) is 11.7. The summed E-state index contributed by atoms with van der Waals surface area (Å²) < 4.78 is 0. The highest BCUT2D eigenvalue weighted by Crippen LogP contribution is 2.18. The maximum absolute atomic E-state index is 4.56. The molecule has 0 unspecified atom stereocenters. The maximum atomic E-state index is 4.56. The number of aromatic nitrogens is 3. The SMILES string of the molecule is Cc1cc(C)cc(NCCc2n[nH]c(CC(C)(C)C)n2)c1. The van der Waals surface area contributed by atoms with Crippen molar-refractivity contribution in [1.82, 2.24) is 15.2 Å². The fourth-order valence-corrected chi connectivity index (χ4v) is 2.42. The molecule has 0 aliphatic heterocycles. The first-order valence-corrected chi connectivity index (χ1v) is 7.54. The Hall–Kier alpha value is -1.84. The van der Waals surface area contributed by atoms with Gasteiger partial charge in [0.25, 0.3) is 0 Å². The van der Waals surface area contributed by atoms with E-state index in [9.17, 15) is 0 Å². The van der Waals surface area contributed by atoms with Crippen LogP contribution in [-0.4, -0.2) is 21.7 Å². The molecule has 0 spiro atoms. The van der Waals surface area contributed by atoms with Crippen LogP contribution in [0.5, 0.6) is 0 Å². The van der Waals surface area contributed by atoms with Crippen molar-refractivity contribution in [2.24, 2.45) is 5.41 Å². The number of H-pyrrole nitrogens is 1. The van der Waals surface area contributed by atoms with E-state index in [-0.39, 0.29) is 5.41 Å². The van der Waals surface area contributed by atoms with Crippen molar-refractivity contribution >= 4 is 5.69 Å². The van der Waals surface area contributed by atoms with Gasteiger partial charge in [-0.15, -0.1) is 0 Å². The maximum Gasteiger partial charge on any atom is 0.152 e. The molecule has 2 rings (SSSR count). The van der Waals surface area contributed by atoms with Crippen molar-refractivity contribution in [3.63, 3.8) is 0 Å². The first kappa shape index (κ1) is 15.5. The zero-order chi connectivity index (χ0) is 15.5. The first-order valence-electron chi connectivity index (χ1n) is 7.54. The van der Waals surface area contributed by atoms with Crippen molar-refractivity contribution in [2.75, 3.05) is 11.9 Å². The third-order valence-corrected chi connectivity index (χ3v) is 3.18. The minimum Gasteiger partial charge on any atom is -0.385 e. The lowest BCUT2D eigenvalue weighted by molar-refractivity contribution is 0.401. The summed E-state index contributed by atoms with van der Waals surface area (Å²) in [5, 5.41) is 10.8. The van der Waals surface area contributed by atoms with Gasteiger partial charge in [0.2, 0.25) is 0 Å². The molecule has 0 fully saturated rings. The third-order valence-electron chi connectivity index (χ3n) is 3.18. The number of hydrogen-bond donors (Lipinski definition) is 2. The van der Waals surface area contributed by atoms with E-state index in [1.165, 1.54) is 11.1 Å². The predicted molar refractivity (Wildman–Crippen MR) is 87.7 cm³/mol. The number of rotatable bonds is 5. The van der Waals surface area contributed by atoms with Crippen LogP contribution < -0.4 is 5.32 Å². The Kier molecular flexibility index (Phi) is 4.66. The van der Waals surface area contributed by atoms with Crippen molar-refractivity contribution < 1.29 is 0 Å². The van der Waals surface area contributed by atoms with Crippen LogP contribution in [-0.2, 0) is 12.8 Å². The third kappa shape index (κ3) is 5.21. The second-order valence-corrected chi connectivity index (χ2v) is 6.99. The average Bonchev–Trinajstić information content (AvgIpc) is 2.73. The van der Waals surface area contributed by atoms with Gasteiger partial charge in [0.15, 0.2) is 5.82 Å². The van der Waals surface area contributed by atoms with Crippen molar-refractivity contribution in [3.05, 3.63) is 41.0 Å². The van der Waals surface area contributed by atoms with Crippen LogP contribution in [0.25, 0.3) is 0 Å². The number of hydrogen-bond acceptors (Lipinski definition) is 3. The second-order valence-electron chi connectivity index (χ2n) is 6.99. The predicted octanol–water partition coefficient (Wildman–Crippen LogP) is 3.66. The fourth-order valence-electron chi connectivity index (χ4n) is 2.42. The van der Waals surface area contributed by atoms with Crippen LogP contribution in [0.1, 0.15) is 43.5 Å². The zero-order valence-corrected chi connectivity index (χ0v) is 13.7. The Bertz CT molecular complexity index is 573. The monoisotopic (exact) mass is 286 g/mol. The lowest BCUT2D eigenvalue weighted by Crippen LogP contribution is -2.10. The van der Waals surface area contributed by atoms with E-state index >= 15 is 0 Å². The Morgan fingerprint density at radius 2 is 1.76 bits per heavy atom. The van der Waals surface area contributed by atoms with Crippen molar-refractivity contribution in [1.29, 1.82) is 0 Å². The van der Waals surface area contributed by atoms with Crippen LogP contribution in [0.4, 0.5) is 5.69 Å². The molecule has 4 nitrogen and oxygen atoms in total. The van der Waals surface area contributed by atoms with E-state index in [1.807, 2.05) is 0 Å². The van der Waals surface area contributed by atoms with Crippen molar-refractivity contribution in [2.45, 2.75) is 47.5 Å². The summed E-state index contributed by atoms with van der Waals surface area (Å²) in [5.74, 6) is 1.86. The summed E-state index contributed by atoms with van der Waals surface area (Å²) in [6.07, 6.45) is 1.75. The molecule has 0 aliphatic rings. The minimum atomic E-state index is 0.230. The topological polar surface area (TPSA) is 53.6 Å². The van der Waals surface area contributed by atoms with E-state index in [4.69, 9.17) is 0 Å². The summed E-state index contributed by atoms with van der Waals surface area (Å²) in [5.41, 5.74) is 3.96. The Balaban J connectivity index is 1.86. The lowest BCUT2D eigenvalue weighted by atomic mass is 9.92. The van der Waals surface area contributed by atoms with Gasteiger partial charge in [0, 0.05) is 25.1 Å². The molecule has 2 N–H and O–H groups in total. The van der Waals surface area contributed by atoms with Gasteiger partial charge in [-0.3, -0.25) is 5.10 Å². The van der Waals surface area contributed by atoms with E-state index in [0.29, 0.717) is 0 Å². The second kappa shape index (κ2) is 6.29. The molecular formula is C17H26N4. The molecule has 2 aromatic rings. The molecule has 1 aromatic carbocycles. The molecule has 0 atom stereocenters. The smallest absolute Gasteiger partial charge is 0.152 e. The highest BCUT2D eigenvalue weighted by atomic mass is 15.2. The lowest BCUT2D eigenvalue weighted by Gasteiger charge is -2.15. The molecular weight excluding hydrogens is 260 g/mol. The highest BCUT2D eigenvalue weighted by Gasteiger charge is 2.14. The number of benzene rings is 1. The largest absolute Gasteiger partial charge is 0.385 e. The molecule has 0 saturated carbocycles. The van der Waals surface area contributed by atoms with Gasteiger partial charge >= 0.3 is 0 Å². The molecule has 0 bridgehead atoms. The number of nitrogens with zero attached hydrogens (tertiary/aromatic N) is 2. The van der Waals surface area contributed by atoms with Crippen LogP contribution in [0.3, 0.4) is 0 Å². The summed E-state index contributed by atoms with van der Waals surface area (Å²) in [6, 6.07) is 6.51. The number of anilines is 1. The molecule has 0 radical (unpaired) electrons. The standard InChI is InChI=1S/C17H26N4/c1-12-8-13(2)10-14(9-12)18-7-6-15-19-16(21-20-15)11-17(3,4)5/h8-10,18H,6-7,11H2,1-5H3,(H,19,20,21). The highest BCUT2D eigenvalue weighted by molar-refractivity contribution is 5.48. The van der Waals surface area contributed by atoms with Crippen LogP contribution >= 0.6 is 0 Å². The molecule has 1 heterocycles. The summed E-state index contributed by atoms with van der Waals surface area (Å²) >= 11 is 0. The number of nitrogens with one attached hydrogen (secondary N) is 2. The molecule has 0 saturated heterocycles. The Morgan fingerprint density at radius 1 is 1.10 bits per heavy atom. The van der Waals surface area contributed by atoms with Crippen LogP contribution in [0.15, 0.2) is 18.2 Å². The average molecular weight is 286 g/mol. The molecule has 0 amide bonds. The Morgan fingerprint density at radius 3 is 2.38 bits per heavy atom. The van der Waals surface area contributed by atoms with E-state index in [2.05, 4.69) is 73.3 Å². The van der Waals surface area contributed by atoms with Gasteiger partial charge in [-0.1, -0.05) is 26.8 Å². The van der Waals surface area contributed by atoms with E-state index in [1.54, 1.807) is 0 Å². The van der Waals surface area contributed by atoms with E-state index < -0.39 is 0 Å². The molecule has 0 aliphatic carbocycles. The van der Waals surface area contributed by atoms with Gasteiger partial charge < -0.3 is 5.32 Å². The number of aromatic amines is 1. The minimum absolute atomic E-state index is 0.230. The summed E-state index contributed by atoms with van der Waals surface area (Å²) in [6.45, 7) is 11.7. The molecule has 114 valence electrons. The van der Waals surface area contributed by atoms with E-state index in [0.717, 1.165) is 36.7 Å². The van der Waals surface area contributed by atoms with Gasteiger partial charge in [0.05, 0.1) is 0 Å². The summed E-state index contributed by atoms with van der Waals surface area (Å²) in [4.78, 5) is 4.56. The quantitative estimate of drug-likeness (QED) is 0.882. The molecule has 21 heavy (non-hydrogen) atoms. The first-order chi connectivity index (χ1) is 9.82. The van der Waals surface area contributed by atoms with Crippen LogP contribution in [0.2, 0.25) is 0 Å². The van der Waals surface area contributed by atoms with Crippen molar-refractivity contribution in [3.8, 4) is 0 Å². The zero-order valence-electron chi connectivity index (χ0n) is 13.7. The van der Waals surface area contributed by atoms with Gasteiger partial charge in [-0.2, -0.15) is 5.10 Å². The number of aryl methyl sites for hydroxylation is 2. The molecule has 1 aromatic heterocycles. The van der Waals surface area contributed by atoms with Gasteiger partial charge in [0.1, 0.15) is 5.82 Å². The molecule has 4 heteroatoms. The van der Waals surface area contributed by atoms with Crippen LogP contribution in [0, 0.1) is 19.3 Å². The van der Waals surface area contributed by atoms with Gasteiger partial charge in [-0.25, -0.2) is 4.98 Å². The van der Waals surface area contributed by atoms with Gasteiger partial charge in [-0.05, 0) is 42.5 Å². The Labute approximate surface area is 127 Å². The fraction of sp³-hybridized carbons (Fsp3) is 0.529. The summed E-state index contributed by atoms with van der Waals surface area (Å²) in [7, 11) is 0.